The van der Waals surface area contributed by atoms with Crippen LogP contribution in [0, 0.1) is 5.92 Å². The molecule has 6 heteroatoms. The maximum Gasteiger partial charge on any atom is 0.220 e. The lowest BCUT2D eigenvalue weighted by Gasteiger charge is -2.28. The van der Waals surface area contributed by atoms with Crippen molar-refractivity contribution in [2.45, 2.75) is 50.7 Å². The highest BCUT2D eigenvalue weighted by Crippen LogP contribution is 2.35. The second kappa shape index (κ2) is 7.95. The Morgan fingerprint density at radius 1 is 1.04 bits per heavy atom. The molecule has 2 saturated heterocycles. The van der Waals surface area contributed by atoms with Gasteiger partial charge in [0.2, 0.25) is 5.91 Å². The topological polar surface area (TPSA) is 68.8 Å². The predicted molar refractivity (Wildman–Crippen MR) is 95.2 cm³/mol. The van der Waals surface area contributed by atoms with Crippen molar-refractivity contribution < 1.29 is 19.0 Å². The van der Waals surface area contributed by atoms with Gasteiger partial charge in [0, 0.05) is 36.7 Å². The van der Waals surface area contributed by atoms with Gasteiger partial charge in [-0.15, -0.1) is 0 Å². The molecule has 2 bridgehead atoms. The SMILES string of the molecule is COc1cc(OC)c(OC)cc1CNC(=O)CC1CC2CCC(C1)N2. The lowest BCUT2D eigenvalue weighted by molar-refractivity contribution is -0.122. The van der Waals surface area contributed by atoms with Crippen molar-refractivity contribution >= 4 is 5.91 Å². The Labute approximate surface area is 149 Å². The molecule has 0 radical (unpaired) electrons. The Morgan fingerprint density at radius 2 is 1.64 bits per heavy atom. The van der Waals surface area contributed by atoms with E-state index in [0.29, 0.717) is 48.2 Å². The number of methoxy groups -OCH3 is 3. The van der Waals surface area contributed by atoms with E-state index in [2.05, 4.69) is 10.6 Å². The normalized spacial score (nSPS) is 24.7. The average Bonchev–Trinajstić information content (AvgIpc) is 2.97. The molecule has 138 valence electrons. The van der Waals surface area contributed by atoms with E-state index in [9.17, 15) is 4.79 Å². The van der Waals surface area contributed by atoms with E-state index < -0.39 is 0 Å². The van der Waals surface area contributed by atoms with Gasteiger partial charge in [-0.05, 0) is 37.7 Å². The van der Waals surface area contributed by atoms with E-state index in [-0.39, 0.29) is 5.91 Å². The van der Waals surface area contributed by atoms with Gasteiger partial charge in [0.25, 0.3) is 0 Å². The van der Waals surface area contributed by atoms with E-state index in [1.807, 2.05) is 6.07 Å². The standard InChI is InChI=1S/C19H28N2O4/c1-23-16-10-18(25-3)17(24-2)9-13(16)11-20-19(22)8-12-6-14-4-5-15(7-12)21-14/h9-10,12,14-15,21H,4-8,11H2,1-3H3,(H,20,22). The third-order valence-electron chi connectivity index (χ3n) is 5.31. The molecule has 0 saturated carbocycles. The molecule has 0 aromatic heterocycles. The Bertz CT molecular complexity index is 608. The van der Waals surface area contributed by atoms with Gasteiger partial charge in [-0.1, -0.05) is 0 Å². The van der Waals surface area contributed by atoms with E-state index in [4.69, 9.17) is 14.2 Å². The van der Waals surface area contributed by atoms with E-state index in [1.165, 1.54) is 12.8 Å². The van der Waals surface area contributed by atoms with E-state index >= 15 is 0 Å². The molecule has 1 amide bonds. The Morgan fingerprint density at radius 3 is 2.24 bits per heavy atom. The van der Waals surface area contributed by atoms with Crippen molar-refractivity contribution in [1.82, 2.24) is 10.6 Å². The summed E-state index contributed by atoms with van der Waals surface area (Å²) in [6.45, 7) is 0.417. The molecular weight excluding hydrogens is 320 g/mol. The van der Waals surface area contributed by atoms with Gasteiger partial charge in [-0.25, -0.2) is 0 Å². The summed E-state index contributed by atoms with van der Waals surface area (Å²) in [5.74, 6) is 2.51. The fourth-order valence-corrected chi connectivity index (χ4v) is 4.10. The number of amides is 1. The number of ether oxygens (including phenoxy) is 3. The smallest absolute Gasteiger partial charge is 0.220 e. The highest BCUT2D eigenvalue weighted by Gasteiger charge is 2.34. The van der Waals surface area contributed by atoms with Crippen LogP contribution in [0.3, 0.4) is 0 Å². The fourth-order valence-electron chi connectivity index (χ4n) is 4.10. The molecule has 0 aliphatic carbocycles. The monoisotopic (exact) mass is 348 g/mol. The lowest BCUT2D eigenvalue weighted by atomic mass is 9.89. The third kappa shape index (κ3) is 4.18. The molecule has 2 fully saturated rings. The van der Waals surface area contributed by atoms with E-state index in [1.54, 1.807) is 27.4 Å². The highest BCUT2D eigenvalue weighted by atomic mass is 16.5. The van der Waals surface area contributed by atoms with Crippen LogP contribution in [0.2, 0.25) is 0 Å². The summed E-state index contributed by atoms with van der Waals surface area (Å²) in [7, 11) is 4.79. The summed E-state index contributed by atoms with van der Waals surface area (Å²) < 4.78 is 16.0. The molecule has 2 aliphatic heterocycles. The summed E-state index contributed by atoms with van der Waals surface area (Å²) >= 11 is 0. The zero-order valence-corrected chi connectivity index (χ0v) is 15.3. The van der Waals surface area contributed by atoms with Gasteiger partial charge < -0.3 is 24.8 Å². The van der Waals surface area contributed by atoms with Crippen LogP contribution in [-0.2, 0) is 11.3 Å². The average molecular weight is 348 g/mol. The Kier molecular flexibility index (Phi) is 5.68. The molecule has 25 heavy (non-hydrogen) atoms. The maximum atomic E-state index is 12.4. The van der Waals surface area contributed by atoms with Gasteiger partial charge in [-0.3, -0.25) is 4.79 Å². The van der Waals surface area contributed by atoms with Crippen LogP contribution in [0.5, 0.6) is 17.2 Å². The van der Waals surface area contributed by atoms with Crippen molar-refractivity contribution in [3.05, 3.63) is 17.7 Å². The molecule has 2 aliphatic rings. The first-order chi connectivity index (χ1) is 12.1. The van der Waals surface area contributed by atoms with Crippen molar-refractivity contribution in [3.8, 4) is 17.2 Å². The first kappa shape index (κ1) is 17.9. The Hall–Kier alpha value is -1.95. The molecule has 2 unspecified atom stereocenters. The molecule has 2 atom stereocenters. The van der Waals surface area contributed by atoms with Crippen molar-refractivity contribution in [3.63, 3.8) is 0 Å². The number of hydrogen-bond donors (Lipinski definition) is 2. The molecule has 2 heterocycles. The van der Waals surface area contributed by atoms with Crippen LogP contribution < -0.4 is 24.8 Å². The minimum absolute atomic E-state index is 0.100. The van der Waals surface area contributed by atoms with Gasteiger partial charge in [0.05, 0.1) is 21.3 Å². The maximum absolute atomic E-state index is 12.4. The number of piperidine rings is 1. The summed E-state index contributed by atoms with van der Waals surface area (Å²) in [5.41, 5.74) is 0.874. The molecule has 6 nitrogen and oxygen atoms in total. The number of carbonyl (C=O) groups is 1. The fraction of sp³-hybridized carbons (Fsp3) is 0.632. The lowest BCUT2D eigenvalue weighted by Crippen LogP contribution is -2.39. The zero-order chi connectivity index (χ0) is 17.8. The minimum atomic E-state index is 0.100. The van der Waals surface area contributed by atoms with Gasteiger partial charge in [0.15, 0.2) is 11.5 Å². The highest BCUT2D eigenvalue weighted by molar-refractivity contribution is 5.76. The van der Waals surface area contributed by atoms with Crippen LogP contribution in [0.1, 0.15) is 37.7 Å². The molecule has 1 aromatic carbocycles. The van der Waals surface area contributed by atoms with Crippen molar-refractivity contribution in [1.29, 1.82) is 0 Å². The first-order valence-electron chi connectivity index (χ1n) is 8.94. The molecule has 2 N–H and O–H groups in total. The summed E-state index contributed by atoms with van der Waals surface area (Å²) in [6, 6.07) is 4.86. The second-order valence-electron chi connectivity index (χ2n) is 6.98. The van der Waals surface area contributed by atoms with Crippen molar-refractivity contribution in [2.24, 2.45) is 5.92 Å². The number of rotatable bonds is 7. The number of benzene rings is 1. The van der Waals surface area contributed by atoms with Crippen LogP contribution in [-0.4, -0.2) is 39.3 Å². The van der Waals surface area contributed by atoms with Crippen LogP contribution in [0.15, 0.2) is 12.1 Å². The first-order valence-corrected chi connectivity index (χ1v) is 8.94. The van der Waals surface area contributed by atoms with Gasteiger partial charge in [0.1, 0.15) is 5.75 Å². The van der Waals surface area contributed by atoms with Gasteiger partial charge in [-0.2, -0.15) is 0 Å². The number of hydrogen-bond acceptors (Lipinski definition) is 5. The largest absolute Gasteiger partial charge is 0.496 e. The number of nitrogens with one attached hydrogen (secondary N) is 2. The number of fused-ring (bicyclic) bond motifs is 2. The van der Waals surface area contributed by atoms with Gasteiger partial charge >= 0.3 is 0 Å². The Balaban J connectivity index is 1.58. The summed E-state index contributed by atoms with van der Waals surface area (Å²) in [4.78, 5) is 12.4. The number of carbonyl (C=O) groups excluding carboxylic acids is 1. The minimum Gasteiger partial charge on any atom is -0.496 e. The van der Waals surface area contributed by atoms with E-state index in [0.717, 1.165) is 18.4 Å². The summed E-state index contributed by atoms with van der Waals surface area (Å²) in [5, 5.41) is 6.64. The predicted octanol–water partition coefficient (Wildman–Crippen LogP) is 2.25. The third-order valence-corrected chi connectivity index (χ3v) is 5.31. The molecular formula is C19H28N2O4. The zero-order valence-electron chi connectivity index (χ0n) is 15.3. The van der Waals surface area contributed by atoms with Crippen LogP contribution in [0.4, 0.5) is 0 Å². The summed E-state index contributed by atoms with van der Waals surface area (Å²) in [6.07, 6.45) is 5.34. The van der Waals surface area contributed by atoms with Crippen molar-refractivity contribution in [2.75, 3.05) is 21.3 Å². The molecule has 0 spiro atoms. The van der Waals surface area contributed by atoms with Crippen LogP contribution >= 0.6 is 0 Å². The quantitative estimate of drug-likeness (QED) is 0.791. The molecule has 3 rings (SSSR count). The van der Waals surface area contributed by atoms with Crippen LogP contribution in [0.25, 0.3) is 0 Å². The molecule has 1 aromatic rings. The second-order valence-corrected chi connectivity index (χ2v) is 6.98.